The summed E-state index contributed by atoms with van der Waals surface area (Å²) >= 11 is 0. The highest BCUT2D eigenvalue weighted by molar-refractivity contribution is 5.41. The minimum absolute atomic E-state index is 0.245. The van der Waals surface area contributed by atoms with Crippen LogP contribution in [0.4, 0.5) is 11.6 Å². The second kappa shape index (κ2) is 6.57. The van der Waals surface area contributed by atoms with Crippen LogP contribution in [0.2, 0.25) is 0 Å². The molecule has 0 amide bonds. The molecule has 0 aliphatic carbocycles. The van der Waals surface area contributed by atoms with Gasteiger partial charge in [-0.25, -0.2) is 4.98 Å². The first-order valence-corrected chi connectivity index (χ1v) is 6.75. The molecule has 2 N–H and O–H groups in total. The molecular formula is C14H26N4. The van der Waals surface area contributed by atoms with Crippen molar-refractivity contribution >= 4 is 11.6 Å². The Morgan fingerprint density at radius 2 is 1.78 bits per heavy atom. The van der Waals surface area contributed by atoms with Crippen molar-refractivity contribution in [2.24, 2.45) is 11.3 Å². The van der Waals surface area contributed by atoms with E-state index in [1.807, 2.05) is 0 Å². The van der Waals surface area contributed by atoms with Crippen molar-refractivity contribution in [2.75, 3.05) is 23.7 Å². The van der Waals surface area contributed by atoms with Gasteiger partial charge in [-0.1, -0.05) is 34.6 Å². The Kier molecular flexibility index (Phi) is 5.38. The molecule has 0 atom stereocenters. The largest absolute Gasteiger partial charge is 0.369 e. The van der Waals surface area contributed by atoms with Gasteiger partial charge >= 0.3 is 0 Å². The third-order valence-electron chi connectivity index (χ3n) is 3.48. The van der Waals surface area contributed by atoms with Crippen molar-refractivity contribution in [2.45, 2.75) is 41.0 Å². The van der Waals surface area contributed by atoms with Crippen molar-refractivity contribution in [3.05, 3.63) is 12.4 Å². The minimum atomic E-state index is 0.245. The molecule has 1 aromatic heterocycles. The first-order chi connectivity index (χ1) is 8.45. The highest BCUT2D eigenvalue weighted by Crippen LogP contribution is 2.26. The van der Waals surface area contributed by atoms with E-state index in [4.69, 9.17) is 0 Å². The van der Waals surface area contributed by atoms with Crippen LogP contribution in [0.1, 0.15) is 41.0 Å². The first kappa shape index (κ1) is 14.7. The van der Waals surface area contributed by atoms with E-state index < -0.39 is 0 Å². The van der Waals surface area contributed by atoms with E-state index in [0.29, 0.717) is 5.92 Å². The van der Waals surface area contributed by atoms with Gasteiger partial charge in [0, 0.05) is 13.1 Å². The second-order valence-corrected chi connectivity index (χ2v) is 5.71. The van der Waals surface area contributed by atoms with E-state index >= 15 is 0 Å². The Balaban J connectivity index is 2.57. The summed E-state index contributed by atoms with van der Waals surface area (Å²) in [5, 5.41) is 6.61. The van der Waals surface area contributed by atoms with Gasteiger partial charge in [-0.2, -0.15) is 0 Å². The van der Waals surface area contributed by atoms with Crippen LogP contribution in [0.25, 0.3) is 0 Å². The van der Waals surface area contributed by atoms with E-state index in [-0.39, 0.29) is 5.41 Å². The van der Waals surface area contributed by atoms with Crippen LogP contribution >= 0.6 is 0 Å². The molecule has 0 bridgehead atoms. The average Bonchev–Trinajstić information content (AvgIpc) is 2.34. The lowest BCUT2D eigenvalue weighted by atomic mass is 9.81. The lowest BCUT2D eigenvalue weighted by molar-refractivity contribution is 0.269. The van der Waals surface area contributed by atoms with E-state index in [0.717, 1.165) is 31.1 Å². The number of rotatable bonds is 7. The quantitative estimate of drug-likeness (QED) is 0.779. The standard InChI is InChI=1S/C14H26N4/c1-6-7-16-12-8-15-9-13(18-12)17-10-14(4,5)11(2)3/h8-9,11H,6-7,10H2,1-5H3,(H2,16,17,18). The Morgan fingerprint density at radius 1 is 1.17 bits per heavy atom. The molecule has 1 rings (SSSR count). The number of hydrogen-bond donors (Lipinski definition) is 2. The second-order valence-electron chi connectivity index (χ2n) is 5.71. The van der Waals surface area contributed by atoms with Crippen molar-refractivity contribution in [1.82, 2.24) is 9.97 Å². The lowest BCUT2D eigenvalue weighted by Gasteiger charge is -2.29. The van der Waals surface area contributed by atoms with Gasteiger partial charge in [-0.15, -0.1) is 0 Å². The molecule has 0 radical (unpaired) electrons. The summed E-state index contributed by atoms with van der Waals surface area (Å²) in [5.41, 5.74) is 0.245. The molecule has 0 aliphatic heterocycles. The van der Waals surface area contributed by atoms with Crippen molar-refractivity contribution in [3.8, 4) is 0 Å². The van der Waals surface area contributed by atoms with Gasteiger partial charge in [-0.05, 0) is 17.8 Å². The van der Waals surface area contributed by atoms with Crippen molar-refractivity contribution < 1.29 is 0 Å². The van der Waals surface area contributed by atoms with Gasteiger partial charge in [-0.3, -0.25) is 4.98 Å². The summed E-state index contributed by atoms with van der Waals surface area (Å²) in [4.78, 5) is 8.68. The first-order valence-electron chi connectivity index (χ1n) is 6.75. The molecule has 18 heavy (non-hydrogen) atoms. The van der Waals surface area contributed by atoms with Crippen LogP contribution in [0, 0.1) is 11.3 Å². The number of anilines is 2. The number of hydrogen-bond acceptors (Lipinski definition) is 4. The fraction of sp³-hybridized carbons (Fsp3) is 0.714. The zero-order chi connectivity index (χ0) is 13.6. The van der Waals surface area contributed by atoms with Crippen molar-refractivity contribution in [1.29, 1.82) is 0 Å². The van der Waals surface area contributed by atoms with Crippen LogP contribution in [0.3, 0.4) is 0 Å². The summed E-state index contributed by atoms with van der Waals surface area (Å²) < 4.78 is 0. The molecule has 0 saturated heterocycles. The molecule has 0 aliphatic rings. The topological polar surface area (TPSA) is 49.8 Å². The normalized spacial score (nSPS) is 11.7. The van der Waals surface area contributed by atoms with Gasteiger partial charge in [0.15, 0.2) is 0 Å². The highest BCUT2D eigenvalue weighted by Gasteiger charge is 2.22. The molecule has 0 fully saturated rings. The zero-order valence-corrected chi connectivity index (χ0v) is 12.2. The number of aromatic nitrogens is 2. The van der Waals surface area contributed by atoms with Crippen LogP contribution in [-0.2, 0) is 0 Å². The average molecular weight is 250 g/mol. The van der Waals surface area contributed by atoms with Crippen molar-refractivity contribution in [3.63, 3.8) is 0 Å². The summed E-state index contributed by atoms with van der Waals surface area (Å²) in [5.74, 6) is 2.30. The minimum Gasteiger partial charge on any atom is -0.369 e. The summed E-state index contributed by atoms with van der Waals surface area (Å²) in [6.45, 7) is 13.0. The van der Waals surface area contributed by atoms with Gasteiger partial charge in [0.05, 0.1) is 12.4 Å². The van der Waals surface area contributed by atoms with Gasteiger partial charge < -0.3 is 10.6 Å². The maximum absolute atomic E-state index is 4.49. The van der Waals surface area contributed by atoms with Gasteiger partial charge in [0.2, 0.25) is 0 Å². The van der Waals surface area contributed by atoms with Gasteiger partial charge in [0.1, 0.15) is 11.6 Å². The third kappa shape index (κ3) is 4.51. The molecule has 1 aromatic rings. The smallest absolute Gasteiger partial charge is 0.146 e. The Morgan fingerprint density at radius 3 is 2.33 bits per heavy atom. The molecule has 102 valence electrons. The summed E-state index contributed by atoms with van der Waals surface area (Å²) in [7, 11) is 0. The van der Waals surface area contributed by atoms with Crippen LogP contribution in [0.5, 0.6) is 0 Å². The highest BCUT2D eigenvalue weighted by atomic mass is 15.1. The molecule has 0 aromatic carbocycles. The maximum Gasteiger partial charge on any atom is 0.146 e. The molecule has 4 heteroatoms. The maximum atomic E-state index is 4.49. The summed E-state index contributed by atoms with van der Waals surface area (Å²) in [6.07, 6.45) is 4.61. The Labute approximate surface area is 111 Å². The van der Waals surface area contributed by atoms with E-state index in [2.05, 4.69) is 55.2 Å². The fourth-order valence-corrected chi connectivity index (χ4v) is 1.31. The van der Waals surface area contributed by atoms with E-state index in [9.17, 15) is 0 Å². The Hall–Kier alpha value is -1.32. The fourth-order valence-electron chi connectivity index (χ4n) is 1.31. The SMILES string of the molecule is CCCNc1cncc(NCC(C)(C)C(C)C)n1. The van der Waals surface area contributed by atoms with Crippen LogP contribution in [-0.4, -0.2) is 23.1 Å². The third-order valence-corrected chi connectivity index (χ3v) is 3.48. The molecule has 4 nitrogen and oxygen atoms in total. The van der Waals surface area contributed by atoms with E-state index in [1.54, 1.807) is 12.4 Å². The molecule has 0 unspecified atom stereocenters. The van der Waals surface area contributed by atoms with Crippen LogP contribution in [0.15, 0.2) is 12.4 Å². The lowest BCUT2D eigenvalue weighted by Crippen LogP contribution is -2.28. The number of nitrogens with one attached hydrogen (secondary N) is 2. The molecule has 0 spiro atoms. The Bertz CT molecular complexity index is 361. The monoisotopic (exact) mass is 250 g/mol. The van der Waals surface area contributed by atoms with Crippen LogP contribution < -0.4 is 10.6 Å². The number of nitrogens with zero attached hydrogens (tertiary/aromatic N) is 2. The predicted octanol–water partition coefficient (Wildman–Crippen LogP) is 3.39. The predicted molar refractivity (Wildman–Crippen MR) is 77.9 cm³/mol. The van der Waals surface area contributed by atoms with Gasteiger partial charge in [0.25, 0.3) is 0 Å². The van der Waals surface area contributed by atoms with E-state index in [1.165, 1.54) is 0 Å². The zero-order valence-electron chi connectivity index (χ0n) is 12.2. The molecular weight excluding hydrogens is 224 g/mol. The summed E-state index contributed by atoms with van der Waals surface area (Å²) in [6, 6.07) is 0. The molecule has 0 saturated carbocycles. The molecule has 1 heterocycles.